The van der Waals surface area contributed by atoms with Gasteiger partial charge in [0.25, 0.3) is 5.91 Å². The van der Waals surface area contributed by atoms with E-state index in [1.165, 1.54) is 28.6 Å². The summed E-state index contributed by atoms with van der Waals surface area (Å²) in [5.41, 5.74) is 1.63. The molecular weight excluding hydrogens is 376 g/mol. The zero-order valence-electron chi connectivity index (χ0n) is 15.4. The monoisotopic (exact) mass is 398 g/mol. The molecule has 0 bridgehead atoms. The number of carbonyl (C=O) groups excluding carboxylic acids is 2. The van der Waals surface area contributed by atoms with Gasteiger partial charge in [-0.1, -0.05) is 0 Å². The minimum absolute atomic E-state index is 0.160. The molecule has 1 N–H and O–H groups in total. The normalized spacial score (nSPS) is 17.4. The summed E-state index contributed by atoms with van der Waals surface area (Å²) in [5.74, 6) is -0.00476. The van der Waals surface area contributed by atoms with Crippen LogP contribution in [0.1, 0.15) is 46.4 Å². The summed E-state index contributed by atoms with van der Waals surface area (Å²) in [6.45, 7) is 1.09. The Morgan fingerprint density at radius 2 is 1.43 bits per heavy atom. The molecular formula is C21H22N2O4S. The van der Waals surface area contributed by atoms with E-state index in [4.69, 9.17) is 0 Å². The number of nitrogens with one attached hydrogen (secondary N) is 1. The Bertz CT molecular complexity index is 988. The van der Waals surface area contributed by atoms with Crippen LogP contribution in [-0.2, 0) is 10.0 Å². The summed E-state index contributed by atoms with van der Waals surface area (Å²) >= 11 is 0. The van der Waals surface area contributed by atoms with Crippen LogP contribution in [0.5, 0.6) is 0 Å². The van der Waals surface area contributed by atoms with Gasteiger partial charge in [-0.25, -0.2) is 8.42 Å². The highest BCUT2D eigenvalue weighted by Gasteiger charge is 2.30. The second-order valence-electron chi connectivity index (χ2n) is 7.31. The number of benzene rings is 2. The molecule has 1 aliphatic carbocycles. The van der Waals surface area contributed by atoms with Gasteiger partial charge in [0.05, 0.1) is 4.90 Å². The predicted octanol–water partition coefficient (Wildman–Crippen LogP) is 3.32. The molecule has 4 rings (SSSR count). The Labute approximate surface area is 164 Å². The lowest BCUT2D eigenvalue weighted by Crippen LogP contribution is -2.27. The number of carbonyl (C=O) groups is 2. The SMILES string of the molecule is O=C(Nc1ccc(C(=O)C2CC2)cc1)c1ccc(S(=O)(=O)N2CCCC2)cc1. The smallest absolute Gasteiger partial charge is 0.255 e. The molecule has 2 aromatic carbocycles. The van der Waals surface area contributed by atoms with E-state index in [1.54, 1.807) is 24.3 Å². The lowest BCUT2D eigenvalue weighted by Gasteiger charge is -2.15. The number of Topliss-reactive ketones (excluding diaryl/α,β-unsaturated/α-hetero) is 1. The molecule has 146 valence electrons. The average molecular weight is 398 g/mol. The third-order valence-electron chi connectivity index (χ3n) is 5.19. The van der Waals surface area contributed by atoms with Gasteiger partial charge in [-0.3, -0.25) is 9.59 Å². The summed E-state index contributed by atoms with van der Waals surface area (Å²) in [7, 11) is -3.49. The first-order chi connectivity index (χ1) is 13.4. The van der Waals surface area contributed by atoms with E-state index in [-0.39, 0.29) is 22.5 Å². The van der Waals surface area contributed by atoms with Gasteiger partial charge < -0.3 is 5.32 Å². The fourth-order valence-electron chi connectivity index (χ4n) is 3.36. The summed E-state index contributed by atoms with van der Waals surface area (Å²) in [4.78, 5) is 24.7. The largest absolute Gasteiger partial charge is 0.322 e. The van der Waals surface area contributed by atoms with E-state index in [9.17, 15) is 18.0 Å². The van der Waals surface area contributed by atoms with Gasteiger partial charge in [-0.2, -0.15) is 4.31 Å². The molecule has 7 heteroatoms. The van der Waals surface area contributed by atoms with Crippen LogP contribution in [0.4, 0.5) is 5.69 Å². The predicted molar refractivity (Wildman–Crippen MR) is 106 cm³/mol. The van der Waals surface area contributed by atoms with Crippen molar-refractivity contribution in [3.05, 3.63) is 59.7 Å². The number of sulfonamides is 1. The van der Waals surface area contributed by atoms with Gasteiger partial charge in [0.1, 0.15) is 0 Å². The molecule has 0 aromatic heterocycles. The van der Waals surface area contributed by atoms with Crippen molar-refractivity contribution >= 4 is 27.4 Å². The van der Waals surface area contributed by atoms with E-state index < -0.39 is 10.0 Å². The average Bonchev–Trinajstić information content (AvgIpc) is 3.41. The number of hydrogen-bond acceptors (Lipinski definition) is 4. The molecule has 0 unspecified atom stereocenters. The van der Waals surface area contributed by atoms with Crippen molar-refractivity contribution in [2.24, 2.45) is 5.92 Å². The lowest BCUT2D eigenvalue weighted by atomic mass is 10.1. The van der Waals surface area contributed by atoms with Crippen LogP contribution in [0.2, 0.25) is 0 Å². The van der Waals surface area contributed by atoms with Crippen LogP contribution in [-0.4, -0.2) is 37.5 Å². The van der Waals surface area contributed by atoms with Gasteiger partial charge in [0.2, 0.25) is 10.0 Å². The first-order valence-corrected chi connectivity index (χ1v) is 10.9. The van der Waals surface area contributed by atoms with Crippen LogP contribution in [0.3, 0.4) is 0 Å². The fourth-order valence-corrected chi connectivity index (χ4v) is 4.88. The Morgan fingerprint density at radius 1 is 0.857 bits per heavy atom. The van der Waals surface area contributed by atoms with Crippen LogP contribution < -0.4 is 5.32 Å². The lowest BCUT2D eigenvalue weighted by molar-refractivity contribution is 0.0967. The Morgan fingerprint density at radius 3 is 2.00 bits per heavy atom. The summed E-state index contributed by atoms with van der Waals surface area (Å²) < 4.78 is 26.6. The van der Waals surface area contributed by atoms with E-state index in [0.29, 0.717) is 29.9 Å². The standard InChI is InChI=1S/C21H22N2O4S/c24-20(15-3-4-15)16-5-9-18(10-6-16)22-21(25)17-7-11-19(12-8-17)28(26,27)23-13-1-2-14-23/h5-12,15H,1-4,13-14H2,(H,22,25). The van der Waals surface area contributed by atoms with Crippen molar-refractivity contribution in [3.63, 3.8) is 0 Å². The second kappa shape index (κ2) is 7.48. The van der Waals surface area contributed by atoms with Crippen LogP contribution in [0.25, 0.3) is 0 Å². The van der Waals surface area contributed by atoms with Gasteiger partial charge in [-0.05, 0) is 74.2 Å². The minimum Gasteiger partial charge on any atom is -0.322 e. The maximum atomic E-state index is 12.5. The summed E-state index contributed by atoms with van der Waals surface area (Å²) in [6.07, 6.45) is 3.68. The quantitative estimate of drug-likeness (QED) is 0.757. The van der Waals surface area contributed by atoms with Gasteiger partial charge in [0.15, 0.2) is 5.78 Å². The molecule has 2 fully saturated rings. The van der Waals surface area contributed by atoms with Gasteiger partial charge >= 0.3 is 0 Å². The molecule has 1 heterocycles. The van der Waals surface area contributed by atoms with E-state index in [0.717, 1.165) is 25.7 Å². The van der Waals surface area contributed by atoms with Crippen molar-refractivity contribution in [1.29, 1.82) is 0 Å². The summed E-state index contributed by atoms with van der Waals surface area (Å²) in [5, 5.41) is 2.77. The molecule has 1 amide bonds. The minimum atomic E-state index is -3.49. The number of nitrogens with zero attached hydrogens (tertiary/aromatic N) is 1. The number of ketones is 1. The molecule has 28 heavy (non-hydrogen) atoms. The van der Waals surface area contributed by atoms with E-state index in [2.05, 4.69) is 5.32 Å². The molecule has 2 aromatic rings. The highest BCUT2D eigenvalue weighted by Crippen LogP contribution is 2.32. The fraction of sp³-hybridized carbons (Fsp3) is 0.333. The van der Waals surface area contributed by atoms with Gasteiger partial charge in [0, 0.05) is 35.8 Å². The Hall–Kier alpha value is -2.51. The van der Waals surface area contributed by atoms with Crippen molar-refractivity contribution in [3.8, 4) is 0 Å². The van der Waals surface area contributed by atoms with Crippen molar-refractivity contribution < 1.29 is 18.0 Å². The molecule has 0 atom stereocenters. The Balaban J connectivity index is 1.42. The third-order valence-corrected chi connectivity index (χ3v) is 7.11. The zero-order chi connectivity index (χ0) is 19.7. The maximum Gasteiger partial charge on any atom is 0.255 e. The maximum absolute atomic E-state index is 12.5. The zero-order valence-corrected chi connectivity index (χ0v) is 16.2. The second-order valence-corrected chi connectivity index (χ2v) is 9.24. The number of hydrogen-bond donors (Lipinski definition) is 1. The van der Waals surface area contributed by atoms with Crippen LogP contribution in [0.15, 0.2) is 53.4 Å². The topological polar surface area (TPSA) is 83.5 Å². The number of amides is 1. The molecule has 0 radical (unpaired) electrons. The van der Waals surface area contributed by atoms with Crippen molar-refractivity contribution in [2.75, 3.05) is 18.4 Å². The molecule has 6 nitrogen and oxygen atoms in total. The first-order valence-electron chi connectivity index (χ1n) is 9.51. The highest BCUT2D eigenvalue weighted by molar-refractivity contribution is 7.89. The van der Waals surface area contributed by atoms with E-state index in [1.807, 2.05) is 0 Å². The van der Waals surface area contributed by atoms with Crippen LogP contribution in [0, 0.1) is 5.92 Å². The molecule has 0 spiro atoms. The summed E-state index contributed by atoms with van der Waals surface area (Å²) in [6, 6.07) is 12.8. The molecule has 1 saturated heterocycles. The van der Waals surface area contributed by atoms with Gasteiger partial charge in [-0.15, -0.1) is 0 Å². The van der Waals surface area contributed by atoms with Crippen molar-refractivity contribution in [1.82, 2.24) is 4.31 Å². The third kappa shape index (κ3) is 3.86. The van der Waals surface area contributed by atoms with E-state index >= 15 is 0 Å². The molecule has 1 aliphatic heterocycles. The van der Waals surface area contributed by atoms with Crippen LogP contribution >= 0.6 is 0 Å². The number of anilines is 1. The molecule has 2 aliphatic rings. The Kier molecular flexibility index (Phi) is 5.03. The van der Waals surface area contributed by atoms with Crippen molar-refractivity contribution in [2.45, 2.75) is 30.6 Å². The first kappa shape index (κ1) is 18.8. The molecule has 1 saturated carbocycles. The highest BCUT2D eigenvalue weighted by atomic mass is 32.2. The number of rotatable bonds is 6.